The van der Waals surface area contributed by atoms with Crippen molar-refractivity contribution in [2.75, 3.05) is 4.90 Å². The van der Waals surface area contributed by atoms with E-state index in [0.717, 1.165) is 4.90 Å². The Morgan fingerprint density at radius 3 is 2.37 bits per heavy atom. The number of anilines is 1. The second-order valence-corrected chi connectivity index (χ2v) is 5.24. The van der Waals surface area contributed by atoms with Gasteiger partial charge >= 0.3 is 0 Å². The molecule has 0 spiro atoms. The summed E-state index contributed by atoms with van der Waals surface area (Å²) in [6.07, 6.45) is 0.693. The largest absolute Gasteiger partial charge is 0.303 e. The van der Waals surface area contributed by atoms with Crippen molar-refractivity contribution in [3.8, 4) is 0 Å². The third-order valence-corrected chi connectivity index (χ3v) is 3.43. The van der Waals surface area contributed by atoms with E-state index < -0.39 is 23.1 Å². The van der Waals surface area contributed by atoms with Gasteiger partial charge in [-0.3, -0.25) is 14.5 Å². The summed E-state index contributed by atoms with van der Waals surface area (Å²) < 4.78 is 12.9. The van der Waals surface area contributed by atoms with Crippen molar-refractivity contribution in [3.63, 3.8) is 0 Å². The first-order chi connectivity index (χ1) is 8.86. The number of aldehydes is 1. The molecule has 2 rings (SSSR count). The normalized spacial score (nSPS) is 19.9. The Balaban J connectivity index is 2.34. The van der Waals surface area contributed by atoms with Crippen molar-refractivity contribution in [2.24, 2.45) is 11.3 Å². The molecular formula is C14H14FNO3. The fourth-order valence-corrected chi connectivity index (χ4v) is 2.16. The SMILES string of the molecule is CC(C)(C=O)[C@@H]1CC(=O)N(c2ccc(F)cc2)C1=O. The molecule has 0 unspecified atom stereocenters. The van der Waals surface area contributed by atoms with E-state index in [1.165, 1.54) is 24.3 Å². The molecule has 0 bridgehead atoms. The Morgan fingerprint density at radius 1 is 1.26 bits per heavy atom. The summed E-state index contributed by atoms with van der Waals surface area (Å²) >= 11 is 0. The molecule has 100 valence electrons. The van der Waals surface area contributed by atoms with Crippen molar-refractivity contribution in [3.05, 3.63) is 30.1 Å². The molecule has 1 heterocycles. The molecule has 0 N–H and O–H groups in total. The van der Waals surface area contributed by atoms with Gasteiger partial charge in [0.15, 0.2) is 0 Å². The van der Waals surface area contributed by atoms with Gasteiger partial charge in [0.05, 0.1) is 11.6 Å². The van der Waals surface area contributed by atoms with Gasteiger partial charge in [0.2, 0.25) is 11.8 Å². The van der Waals surface area contributed by atoms with Crippen molar-refractivity contribution in [2.45, 2.75) is 20.3 Å². The summed E-state index contributed by atoms with van der Waals surface area (Å²) in [6, 6.07) is 5.13. The maximum Gasteiger partial charge on any atom is 0.238 e. The quantitative estimate of drug-likeness (QED) is 0.618. The molecule has 0 radical (unpaired) electrons. The lowest BCUT2D eigenvalue weighted by atomic mass is 9.79. The average molecular weight is 263 g/mol. The minimum Gasteiger partial charge on any atom is -0.303 e. The monoisotopic (exact) mass is 263 g/mol. The first-order valence-corrected chi connectivity index (χ1v) is 5.95. The van der Waals surface area contributed by atoms with E-state index in [4.69, 9.17) is 0 Å². The van der Waals surface area contributed by atoms with Crippen LogP contribution in [0.5, 0.6) is 0 Å². The van der Waals surface area contributed by atoms with Crippen LogP contribution < -0.4 is 4.90 Å². The zero-order valence-corrected chi connectivity index (χ0v) is 10.7. The van der Waals surface area contributed by atoms with Gasteiger partial charge in [-0.25, -0.2) is 4.39 Å². The minimum absolute atomic E-state index is 0.00193. The van der Waals surface area contributed by atoms with Crippen LogP contribution in [0.1, 0.15) is 20.3 Å². The lowest BCUT2D eigenvalue weighted by Gasteiger charge is -2.23. The maximum absolute atomic E-state index is 12.9. The zero-order valence-electron chi connectivity index (χ0n) is 10.7. The number of carbonyl (C=O) groups excluding carboxylic acids is 3. The van der Waals surface area contributed by atoms with Gasteiger partial charge in [-0.1, -0.05) is 13.8 Å². The van der Waals surface area contributed by atoms with E-state index in [1.54, 1.807) is 13.8 Å². The third kappa shape index (κ3) is 2.28. The summed E-state index contributed by atoms with van der Waals surface area (Å²) in [5.41, 5.74) is -0.553. The van der Waals surface area contributed by atoms with Gasteiger partial charge < -0.3 is 4.79 Å². The van der Waals surface area contributed by atoms with Gasteiger partial charge in [0, 0.05) is 11.8 Å². The lowest BCUT2D eigenvalue weighted by Crippen LogP contribution is -2.35. The number of halogens is 1. The highest BCUT2D eigenvalue weighted by atomic mass is 19.1. The van der Waals surface area contributed by atoms with Gasteiger partial charge in [-0.05, 0) is 24.3 Å². The highest BCUT2D eigenvalue weighted by Gasteiger charge is 2.47. The molecule has 1 aliphatic heterocycles. The van der Waals surface area contributed by atoms with E-state index in [1.807, 2.05) is 0 Å². The fraction of sp³-hybridized carbons (Fsp3) is 0.357. The van der Waals surface area contributed by atoms with Crippen LogP contribution in [-0.2, 0) is 14.4 Å². The fourth-order valence-electron chi connectivity index (χ4n) is 2.16. The number of carbonyl (C=O) groups is 3. The van der Waals surface area contributed by atoms with Gasteiger partial charge in [0.25, 0.3) is 0 Å². The highest BCUT2D eigenvalue weighted by molar-refractivity contribution is 6.21. The van der Waals surface area contributed by atoms with E-state index in [0.29, 0.717) is 12.0 Å². The molecule has 1 atom stereocenters. The van der Waals surface area contributed by atoms with Crippen molar-refractivity contribution in [1.82, 2.24) is 0 Å². The molecule has 0 aliphatic carbocycles. The third-order valence-electron chi connectivity index (χ3n) is 3.43. The van der Waals surface area contributed by atoms with Crippen LogP contribution in [0.4, 0.5) is 10.1 Å². The Morgan fingerprint density at radius 2 is 1.84 bits per heavy atom. The summed E-state index contributed by atoms with van der Waals surface area (Å²) in [5, 5.41) is 0. The van der Waals surface area contributed by atoms with Gasteiger partial charge in [-0.15, -0.1) is 0 Å². The van der Waals surface area contributed by atoms with E-state index in [9.17, 15) is 18.8 Å². The Kier molecular flexibility index (Phi) is 3.22. The van der Waals surface area contributed by atoms with Crippen LogP contribution in [0.2, 0.25) is 0 Å². The topological polar surface area (TPSA) is 54.5 Å². The number of nitrogens with zero attached hydrogens (tertiary/aromatic N) is 1. The molecule has 19 heavy (non-hydrogen) atoms. The molecule has 0 aromatic heterocycles. The Labute approximate surface area is 110 Å². The average Bonchev–Trinajstić information content (AvgIpc) is 2.67. The zero-order chi connectivity index (χ0) is 14.2. The van der Waals surface area contributed by atoms with Crippen LogP contribution in [0.25, 0.3) is 0 Å². The molecule has 4 nitrogen and oxygen atoms in total. The number of hydrogen-bond acceptors (Lipinski definition) is 3. The second kappa shape index (κ2) is 4.57. The van der Waals surface area contributed by atoms with Crippen LogP contribution in [0, 0.1) is 17.2 Å². The smallest absolute Gasteiger partial charge is 0.238 e. The molecule has 1 fully saturated rings. The highest BCUT2D eigenvalue weighted by Crippen LogP contribution is 2.36. The summed E-state index contributed by atoms with van der Waals surface area (Å²) in [7, 11) is 0. The van der Waals surface area contributed by atoms with E-state index in [-0.39, 0.29) is 12.3 Å². The maximum atomic E-state index is 12.9. The molecule has 0 saturated carbocycles. The number of imide groups is 1. The molecule has 1 aromatic rings. The Bertz CT molecular complexity index is 536. The molecule has 1 saturated heterocycles. The first kappa shape index (κ1) is 13.4. The standard InChI is InChI=1S/C14H14FNO3/c1-14(2,8-17)11-7-12(18)16(13(11)19)10-5-3-9(15)4-6-10/h3-6,8,11H,7H2,1-2H3/t11-/m1/s1. The number of amides is 2. The molecule has 1 aliphatic rings. The first-order valence-electron chi connectivity index (χ1n) is 5.95. The predicted molar refractivity (Wildman–Crippen MR) is 66.8 cm³/mol. The molecular weight excluding hydrogens is 249 g/mol. The van der Waals surface area contributed by atoms with Crippen molar-refractivity contribution < 1.29 is 18.8 Å². The van der Waals surface area contributed by atoms with Gasteiger partial charge in [-0.2, -0.15) is 0 Å². The second-order valence-electron chi connectivity index (χ2n) is 5.24. The van der Waals surface area contributed by atoms with E-state index >= 15 is 0 Å². The van der Waals surface area contributed by atoms with Gasteiger partial charge in [0.1, 0.15) is 12.1 Å². The summed E-state index contributed by atoms with van der Waals surface area (Å²) in [4.78, 5) is 36.2. The molecule has 2 amide bonds. The van der Waals surface area contributed by atoms with Crippen molar-refractivity contribution >= 4 is 23.8 Å². The predicted octanol–water partition coefficient (Wildman–Crippen LogP) is 1.93. The summed E-state index contributed by atoms with van der Waals surface area (Å²) in [5.74, 6) is -1.87. The number of rotatable bonds is 3. The minimum atomic E-state index is -0.887. The molecule has 1 aromatic carbocycles. The van der Waals surface area contributed by atoms with Crippen LogP contribution in [0.3, 0.4) is 0 Å². The van der Waals surface area contributed by atoms with E-state index in [2.05, 4.69) is 0 Å². The van der Waals surface area contributed by atoms with Crippen LogP contribution in [0.15, 0.2) is 24.3 Å². The number of benzene rings is 1. The Hall–Kier alpha value is -2.04. The van der Waals surface area contributed by atoms with Crippen molar-refractivity contribution in [1.29, 1.82) is 0 Å². The number of hydrogen-bond donors (Lipinski definition) is 0. The van der Waals surface area contributed by atoms with Crippen LogP contribution >= 0.6 is 0 Å². The van der Waals surface area contributed by atoms with Crippen LogP contribution in [-0.4, -0.2) is 18.1 Å². The molecule has 5 heteroatoms. The lowest BCUT2D eigenvalue weighted by molar-refractivity contribution is -0.129. The summed E-state index contributed by atoms with van der Waals surface area (Å²) in [6.45, 7) is 3.26.